The standard InChI is InChI=1S/C46H77N5O7.C26H29ClN4O6.C5H11NO.C3H6O/c1-11-37(28-31(2)3)43(57)50-46(10,35(8)54)27-23-18-16-14-12-13-15-17-22-26-45(9,34(7)53)49-38(29-32(4)5)41(55)42(56)40(33(6)52)48-44(58)39(51-47)30-36-24-20-19-21-25-36;1-14(32)21(11-16-13-29-22-12-17(27)4-7-19(16)22)30-20(8-9-24(34)35)25(36)26(37)23(31-28)10-15-2-5-18(33)6-3-15;1-3-4(2)5(6)7;1-3(2)4/h14,16,19-21,24-25,31-33,37-40,49,51-52H,11-13,15,17-18,22-23,26-30,47H2,1-10H3,(H,48,58)(H,50,57);2-7,12-13,20-21,23,29-31,33H,8-11,28H2,1H3,(H,34,35);4H,3H2,1-2H3,(H2,6,7);1-2H3/b16-14+;;;/t33-,37+,38+,39+,40+,45-,46+;20-,21-,23-;4-;/m100./s1. The minimum Gasteiger partial charge on any atom is -0.508 e. The van der Waals surface area contributed by atoms with Gasteiger partial charge in [-0.1, -0.05) is 140 Å². The molecule has 4 aromatic rings. The number of allylic oxidation sites excluding steroid dienone is 2. The van der Waals surface area contributed by atoms with Crippen LogP contribution in [0.2, 0.25) is 5.02 Å². The molecule has 0 radical (unpaired) electrons. The van der Waals surface area contributed by atoms with Gasteiger partial charge < -0.3 is 41.5 Å². The Morgan fingerprint density at radius 1 is 0.604 bits per heavy atom. The number of phenols is 1. The third kappa shape index (κ3) is 36.1. The van der Waals surface area contributed by atoms with E-state index in [1.807, 2.05) is 77.9 Å². The lowest BCUT2D eigenvalue weighted by molar-refractivity contribution is -0.142. The molecule has 11 atom stereocenters. The number of aromatic nitrogens is 1. The van der Waals surface area contributed by atoms with Gasteiger partial charge in [0.1, 0.15) is 35.2 Å². The summed E-state index contributed by atoms with van der Waals surface area (Å²) >= 11 is 6.04. The molecule has 106 heavy (non-hydrogen) atoms. The van der Waals surface area contributed by atoms with Gasteiger partial charge >= 0.3 is 5.97 Å². The second kappa shape index (κ2) is 49.8. The van der Waals surface area contributed by atoms with Crippen LogP contribution in [-0.4, -0.2) is 144 Å². The number of rotatable bonds is 47. The van der Waals surface area contributed by atoms with Crippen LogP contribution in [0.4, 0.5) is 0 Å². The molecule has 1 aromatic heterocycles. The molecular formula is C80H123ClN10O15. The van der Waals surface area contributed by atoms with E-state index < -0.39 is 88.4 Å². The number of phenolic OH excluding ortho intramolecular Hbond substituents is 1. The fourth-order valence-corrected chi connectivity index (χ4v) is 11.6. The number of carboxylic acid groups (broad SMARTS) is 1. The first kappa shape index (κ1) is 96.0. The second-order valence-electron chi connectivity index (χ2n) is 29.0. The van der Waals surface area contributed by atoms with Gasteiger partial charge in [0.15, 0.2) is 5.78 Å². The number of nitrogens with one attached hydrogen (secondary N) is 7. The van der Waals surface area contributed by atoms with E-state index in [4.69, 9.17) is 29.0 Å². The van der Waals surface area contributed by atoms with Crippen LogP contribution in [0.5, 0.6) is 5.75 Å². The van der Waals surface area contributed by atoms with Gasteiger partial charge in [-0.2, -0.15) is 0 Å². The molecule has 3 amide bonds. The number of aromatic amines is 1. The molecule has 0 saturated carbocycles. The average Bonchev–Trinajstić information content (AvgIpc) is 1.54. The summed E-state index contributed by atoms with van der Waals surface area (Å²) in [4.78, 5) is 152. The SMILES string of the molecule is CC(=O)[C@H](Cc1c[nH]c2cc(Cl)ccc12)N[C@@H](CCC(=O)O)C(=O)C(=O)[C@H](Cc1ccc(O)cc1)NN.CC(C)=O.CC[C@@H](CC(C)C)C(=O)N[C@@](C)(CCC/C=C/CCCCCC[C@@](C)(N[C@@H](CC(C)C)C(=O)C(=O)[C@@H](NC(=O)[C@H](Cc1ccccc1)NN)[C@@H](C)O)C(C)=O)C(C)=O.CC[C@H](C)C(N)=O. The number of halogens is 1. The predicted molar refractivity (Wildman–Crippen MR) is 415 cm³/mol. The molecule has 0 aliphatic heterocycles. The van der Waals surface area contributed by atoms with Gasteiger partial charge in [0.25, 0.3) is 0 Å². The quantitative estimate of drug-likeness (QED) is 0.00644. The summed E-state index contributed by atoms with van der Waals surface area (Å²) in [6.07, 6.45) is 14.3. The number of nitrogens with two attached hydrogens (primary N) is 3. The number of aliphatic hydroxyl groups excluding tert-OH is 1. The van der Waals surface area contributed by atoms with Gasteiger partial charge in [-0.05, 0) is 198 Å². The largest absolute Gasteiger partial charge is 0.508 e. The normalized spacial score (nSPS) is 15.0. The van der Waals surface area contributed by atoms with Crippen molar-refractivity contribution in [2.45, 2.75) is 273 Å². The van der Waals surface area contributed by atoms with Crippen molar-refractivity contribution in [2.24, 2.45) is 41.1 Å². The molecule has 590 valence electrons. The van der Waals surface area contributed by atoms with Gasteiger partial charge in [-0.25, -0.2) is 10.9 Å². The highest BCUT2D eigenvalue weighted by Gasteiger charge is 2.41. The zero-order valence-electron chi connectivity index (χ0n) is 65.1. The topological polar surface area (TPSA) is 432 Å². The number of unbranched alkanes of at least 4 members (excludes halogenated alkanes) is 5. The molecule has 0 bridgehead atoms. The molecule has 0 spiro atoms. The lowest BCUT2D eigenvalue weighted by atomic mass is 9.86. The number of ketones is 8. The number of aliphatic hydroxyl groups is 1. The molecule has 0 aliphatic carbocycles. The zero-order valence-corrected chi connectivity index (χ0v) is 65.8. The maximum Gasteiger partial charge on any atom is 0.303 e. The summed E-state index contributed by atoms with van der Waals surface area (Å²) in [5.74, 6) is 5.86. The lowest BCUT2D eigenvalue weighted by Gasteiger charge is -2.34. The highest BCUT2D eigenvalue weighted by Crippen LogP contribution is 2.26. The summed E-state index contributed by atoms with van der Waals surface area (Å²) < 4.78 is 0. The van der Waals surface area contributed by atoms with Gasteiger partial charge in [0.05, 0.1) is 41.3 Å². The number of Topliss-reactive ketones (excluding diaryl/α,β-unsaturated/α-hetero) is 8. The zero-order chi connectivity index (χ0) is 80.6. The molecule has 0 fully saturated rings. The molecule has 25 nitrogen and oxygen atoms in total. The van der Waals surface area contributed by atoms with Crippen LogP contribution >= 0.6 is 11.6 Å². The maximum atomic E-state index is 13.8. The molecule has 0 aliphatic rings. The van der Waals surface area contributed by atoms with Crippen molar-refractivity contribution in [2.75, 3.05) is 0 Å². The number of amides is 3. The highest BCUT2D eigenvalue weighted by atomic mass is 35.5. The van der Waals surface area contributed by atoms with Crippen LogP contribution in [0.1, 0.15) is 217 Å². The Bertz CT molecular complexity index is 3480. The lowest BCUT2D eigenvalue weighted by Crippen LogP contribution is -2.61. The number of benzene rings is 3. The average molecular weight is 1500 g/mol. The highest BCUT2D eigenvalue weighted by molar-refractivity contribution is 6.42. The minimum absolute atomic E-state index is 0.00225. The first-order valence-electron chi connectivity index (χ1n) is 36.9. The van der Waals surface area contributed by atoms with E-state index in [2.05, 4.69) is 63.1 Å². The van der Waals surface area contributed by atoms with Crippen LogP contribution in [0.3, 0.4) is 0 Å². The fraction of sp³-hybridized carbons (Fsp3) is 0.575. The molecule has 0 saturated heterocycles. The van der Waals surface area contributed by atoms with Crippen LogP contribution in [0, 0.1) is 23.7 Å². The number of carbonyl (C=O) groups excluding carboxylic acids is 11. The Labute approximate surface area is 632 Å². The molecule has 4 rings (SSSR count). The monoisotopic (exact) mass is 1500 g/mol. The van der Waals surface area contributed by atoms with E-state index in [1.165, 1.54) is 46.8 Å². The maximum absolute atomic E-state index is 13.8. The summed E-state index contributed by atoms with van der Waals surface area (Å²) in [5.41, 5.74) is 10.8. The van der Waals surface area contributed by atoms with Crippen molar-refractivity contribution < 1.29 is 72.9 Å². The number of carbonyl (C=O) groups is 12. The van der Waals surface area contributed by atoms with E-state index in [9.17, 15) is 72.9 Å². The molecule has 26 heteroatoms. The van der Waals surface area contributed by atoms with Crippen LogP contribution in [-0.2, 0) is 76.8 Å². The molecule has 3 aromatic carbocycles. The third-order valence-electron chi connectivity index (χ3n) is 18.5. The molecule has 16 N–H and O–H groups in total. The Kier molecular flexibility index (Phi) is 45.1. The number of primary amides is 1. The first-order valence-corrected chi connectivity index (χ1v) is 37.2. The van der Waals surface area contributed by atoms with E-state index in [0.29, 0.717) is 29.3 Å². The number of hydrazine groups is 2. The van der Waals surface area contributed by atoms with Crippen molar-refractivity contribution in [1.29, 1.82) is 0 Å². The van der Waals surface area contributed by atoms with Crippen LogP contribution in [0.15, 0.2) is 91.1 Å². The summed E-state index contributed by atoms with van der Waals surface area (Å²) in [6, 6.07) is 14.0. The van der Waals surface area contributed by atoms with Gasteiger partial charge in [-0.3, -0.25) is 75.1 Å². The number of H-pyrrole nitrogens is 1. The van der Waals surface area contributed by atoms with Crippen LogP contribution < -0.4 is 49.5 Å². The summed E-state index contributed by atoms with van der Waals surface area (Å²) in [7, 11) is 0. The van der Waals surface area contributed by atoms with Gasteiger partial charge in [0.2, 0.25) is 40.9 Å². The number of hydrogen-bond donors (Lipinski definition) is 13. The van der Waals surface area contributed by atoms with Gasteiger partial charge in [-0.15, -0.1) is 0 Å². The van der Waals surface area contributed by atoms with E-state index in [-0.39, 0.29) is 97.0 Å². The van der Waals surface area contributed by atoms with Crippen molar-refractivity contribution in [1.82, 2.24) is 37.1 Å². The number of hydrogen-bond acceptors (Lipinski definition) is 20. The number of fused-ring (bicyclic) bond motifs is 1. The second-order valence-corrected chi connectivity index (χ2v) is 29.4. The van der Waals surface area contributed by atoms with Crippen molar-refractivity contribution in [3.8, 4) is 5.75 Å². The Hall–Kier alpha value is -8.01. The summed E-state index contributed by atoms with van der Waals surface area (Å²) in [5, 5.41) is 42.3. The molecular weight excluding hydrogens is 1380 g/mol. The van der Waals surface area contributed by atoms with Crippen LogP contribution in [0.25, 0.3) is 10.9 Å². The van der Waals surface area contributed by atoms with E-state index in [0.717, 1.165) is 86.2 Å². The minimum atomic E-state index is -1.50. The Morgan fingerprint density at radius 3 is 1.63 bits per heavy atom. The van der Waals surface area contributed by atoms with Gasteiger partial charge in [0, 0.05) is 40.4 Å². The third-order valence-corrected chi connectivity index (χ3v) is 18.7. The first-order chi connectivity index (χ1) is 49.7. The Morgan fingerprint density at radius 2 is 1.13 bits per heavy atom. The van der Waals surface area contributed by atoms with Crippen molar-refractivity contribution >= 4 is 92.5 Å². The van der Waals surface area contributed by atoms with Crippen molar-refractivity contribution in [3.63, 3.8) is 0 Å². The predicted octanol–water partition coefficient (Wildman–Crippen LogP) is 9.20. The molecule has 1 heterocycles. The Balaban J connectivity index is 0.000000988. The summed E-state index contributed by atoms with van der Waals surface area (Å²) in [6.45, 7) is 26.2. The molecule has 0 unspecified atom stereocenters. The number of aliphatic carboxylic acids is 1. The van der Waals surface area contributed by atoms with E-state index >= 15 is 0 Å². The smallest absolute Gasteiger partial charge is 0.303 e. The fourth-order valence-electron chi connectivity index (χ4n) is 11.4. The van der Waals surface area contributed by atoms with E-state index in [1.54, 1.807) is 44.3 Å². The number of aromatic hydroxyl groups is 1. The number of carboxylic acids is 1. The van der Waals surface area contributed by atoms with Crippen molar-refractivity contribution in [3.05, 3.63) is 113 Å².